The highest BCUT2D eigenvalue weighted by Crippen LogP contribution is 2.34. The summed E-state index contributed by atoms with van der Waals surface area (Å²) in [5.41, 5.74) is 5.62. The Hall–Kier alpha value is -5.30. The molecule has 13 nitrogen and oxygen atoms in total. The van der Waals surface area contributed by atoms with E-state index in [4.69, 9.17) is 9.97 Å². The third kappa shape index (κ3) is 7.78. The number of benzene rings is 2. The lowest BCUT2D eigenvalue weighted by Crippen LogP contribution is -2.47. The maximum absolute atomic E-state index is 13.4. The van der Waals surface area contributed by atoms with Gasteiger partial charge < -0.3 is 35.6 Å². The Morgan fingerprint density at radius 1 is 0.980 bits per heavy atom. The van der Waals surface area contributed by atoms with Crippen LogP contribution in [-0.2, 0) is 20.7 Å². The molecular formula is C37H45N9O4. The van der Waals surface area contributed by atoms with E-state index in [0.29, 0.717) is 6.54 Å². The number of unbranched alkanes of at least 4 members (excludes halogenated alkanes) is 1. The molecule has 3 aromatic heterocycles. The van der Waals surface area contributed by atoms with E-state index in [-0.39, 0.29) is 36.4 Å². The summed E-state index contributed by atoms with van der Waals surface area (Å²) in [4.78, 5) is 59.4. The minimum atomic E-state index is -0.633. The van der Waals surface area contributed by atoms with Crippen LogP contribution in [0, 0.1) is 5.92 Å². The lowest BCUT2D eigenvalue weighted by Gasteiger charge is -2.29. The summed E-state index contributed by atoms with van der Waals surface area (Å²) in [7, 11) is 3.10. The minimum Gasteiger partial charge on any atom is -0.453 e. The molecule has 0 saturated carbocycles. The van der Waals surface area contributed by atoms with Crippen LogP contribution >= 0.6 is 0 Å². The van der Waals surface area contributed by atoms with Crippen molar-refractivity contribution in [2.45, 2.75) is 58.0 Å². The Labute approximate surface area is 291 Å². The molecule has 1 saturated heterocycles. The fourth-order valence-corrected chi connectivity index (χ4v) is 6.62. The average Bonchev–Trinajstić information content (AvgIpc) is 3.90. The van der Waals surface area contributed by atoms with Crippen molar-refractivity contribution in [2.24, 2.45) is 5.92 Å². The highest BCUT2D eigenvalue weighted by atomic mass is 16.5. The standard InChI is InChI=1S/C37H45N9O4/c1-22(2)34(38-3)36(48)46-15-7-8-31(46)35-44-27-13-12-25(18-29(27)45-35)28-17-23-10-11-24(16-26(23)19-40-28)30-20-41-32(43-30)9-5-6-14-39-33(47)21-42-37(49)50-4/h10-13,16-20,22,31,34,38H,5-9,14-15,21H2,1-4H3,(H,39,47)(H,41,43)(H,42,49)(H,44,45). The first-order valence-electron chi connectivity index (χ1n) is 17.2. The second-order valence-corrected chi connectivity index (χ2v) is 13.1. The second-order valence-electron chi connectivity index (χ2n) is 13.1. The number of methoxy groups -OCH3 is 1. The summed E-state index contributed by atoms with van der Waals surface area (Å²) in [5.74, 6) is 1.79. The first-order chi connectivity index (χ1) is 24.2. The molecule has 2 atom stereocenters. The van der Waals surface area contributed by atoms with Crippen molar-refractivity contribution >= 4 is 39.7 Å². The van der Waals surface area contributed by atoms with Crippen molar-refractivity contribution in [3.8, 4) is 22.5 Å². The second kappa shape index (κ2) is 15.5. The number of imidazole rings is 2. The van der Waals surface area contributed by atoms with Crippen molar-refractivity contribution in [1.29, 1.82) is 0 Å². The average molecular weight is 680 g/mol. The van der Waals surface area contributed by atoms with E-state index in [0.717, 1.165) is 94.6 Å². The molecule has 1 aliphatic rings. The lowest BCUT2D eigenvalue weighted by atomic mass is 10.0. The summed E-state index contributed by atoms with van der Waals surface area (Å²) in [6.45, 7) is 5.28. The molecule has 0 bridgehead atoms. The molecule has 5 aromatic rings. The maximum Gasteiger partial charge on any atom is 0.407 e. The van der Waals surface area contributed by atoms with E-state index in [9.17, 15) is 14.4 Å². The first-order valence-corrected chi connectivity index (χ1v) is 17.2. The van der Waals surface area contributed by atoms with Crippen LogP contribution in [-0.4, -0.2) is 87.6 Å². The fourth-order valence-electron chi connectivity index (χ4n) is 6.62. The number of amides is 3. The molecule has 13 heteroatoms. The third-order valence-corrected chi connectivity index (χ3v) is 9.29. The number of alkyl carbamates (subject to hydrolysis) is 1. The molecule has 262 valence electrons. The molecule has 0 spiro atoms. The first kappa shape index (κ1) is 34.6. The molecule has 0 aliphatic carbocycles. The fraction of sp³-hybridized carbons (Fsp3) is 0.405. The van der Waals surface area contributed by atoms with Gasteiger partial charge in [0.05, 0.1) is 54.4 Å². The SMILES string of the molecule is CNC(C(=O)N1CCCC1c1nc2ccc(-c3cc4ccc(-c5cnc(CCCCNC(=O)CNC(=O)OC)[nH]5)cc4cn3)cc2[nH]1)C(C)C. The normalized spacial score (nSPS) is 15.1. The summed E-state index contributed by atoms with van der Waals surface area (Å²) in [5, 5.41) is 10.4. The highest BCUT2D eigenvalue weighted by Gasteiger charge is 2.36. The zero-order valence-corrected chi connectivity index (χ0v) is 29.0. The summed E-state index contributed by atoms with van der Waals surface area (Å²) in [6.07, 6.45) is 7.35. The smallest absolute Gasteiger partial charge is 0.407 e. The largest absolute Gasteiger partial charge is 0.453 e. The Balaban J connectivity index is 1.08. The monoisotopic (exact) mass is 679 g/mol. The van der Waals surface area contributed by atoms with Crippen molar-refractivity contribution in [1.82, 2.24) is 45.8 Å². The third-order valence-electron chi connectivity index (χ3n) is 9.29. The predicted octanol–water partition coefficient (Wildman–Crippen LogP) is 4.87. The van der Waals surface area contributed by atoms with Crippen molar-refractivity contribution in [2.75, 3.05) is 33.8 Å². The van der Waals surface area contributed by atoms with Gasteiger partial charge in [-0.05, 0) is 68.3 Å². The van der Waals surface area contributed by atoms with Gasteiger partial charge in [0.15, 0.2) is 0 Å². The maximum atomic E-state index is 13.4. The summed E-state index contributed by atoms with van der Waals surface area (Å²) < 4.78 is 4.46. The number of ether oxygens (including phenoxy) is 1. The Kier molecular flexibility index (Phi) is 10.7. The number of rotatable bonds is 13. The van der Waals surface area contributed by atoms with Crippen LogP contribution < -0.4 is 16.0 Å². The van der Waals surface area contributed by atoms with E-state index in [1.54, 1.807) is 0 Å². The van der Waals surface area contributed by atoms with Gasteiger partial charge in [-0.25, -0.2) is 14.8 Å². The Morgan fingerprint density at radius 2 is 1.82 bits per heavy atom. The Bertz CT molecular complexity index is 1980. The summed E-state index contributed by atoms with van der Waals surface area (Å²) in [6, 6.07) is 14.3. The van der Waals surface area contributed by atoms with Crippen LogP contribution in [0.2, 0.25) is 0 Å². The zero-order chi connectivity index (χ0) is 35.2. The van der Waals surface area contributed by atoms with Gasteiger partial charge in [0.1, 0.15) is 11.6 Å². The van der Waals surface area contributed by atoms with Gasteiger partial charge in [-0.2, -0.15) is 0 Å². The number of likely N-dealkylation sites (tertiary alicyclic amines) is 1. The molecule has 2 aromatic carbocycles. The number of hydrogen-bond donors (Lipinski definition) is 5. The quantitative estimate of drug-likeness (QED) is 0.110. The van der Waals surface area contributed by atoms with Crippen LogP contribution in [0.1, 0.15) is 57.2 Å². The minimum absolute atomic E-state index is 0.0598. The van der Waals surface area contributed by atoms with Gasteiger partial charge in [-0.1, -0.05) is 32.0 Å². The number of aromatic nitrogens is 5. The van der Waals surface area contributed by atoms with Gasteiger partial charge in [0.25, 0.3) is 0 Å². The molecule has 5 N–H and O–H groups in total. The molecule has 1 fully saturated rings. The number of likely N-dealkylation sites (N-methyl/N-ethyl adjacent to an activating group) is 1. The van der Waals surface area contributed by atoms with Gasteiger partial charge >= 0.3 is 6.09 Å². The van der Waals surface area contributed by atoms with E-state index in [1.807, 2.05) is 36.5 Å². The molecule has 0 radical (unpaired) electrons. The van der Waals surface area contributed by atoms with Crippen LogP contribution in [0.4, 0.5) is 4.79 Å². The number of carbonyl (C=O) groups excluding carboxylic acids is 3. The molecule has 6 rings (SSSR count). The number of carbonyl (C=O) groups is 3. The molecule has 50 heavy (non-hydrogen) atoms. The van der Waals surface area contributed by atoms with Gasteiger partial charge in [-0.3, -0.25) is 14.6 Å². The number of hydrogen-bond acceptors (Lipinski definition) is 8. The van der Waals surface area contributed by atoms with Gasteiger partial charge in [0.2, 0.25) is 11.8 Å². The number of fused-ring (bicyclic) bond motifs is 2. The van der Waals surface area contributed by atoms with E-state index >= 15 is 0 Å². The molecular weight excluding hydrogens is 634 g/mol. The molecule has 1 aliphatic heterocycles. The highest BCUT2D eigenvalue weighted by molar-refractivity contribution is 5.90. The van der Waals surface area contributed by atoms with Crippen molar-refractivity contribution in [3.63, 3.8) is 0 Å². The molecule has 4 heterocycles. The topological polar surface area (TPSA) is 170 Å². The lowest BCUT2D eigenvalue weighted by molar-refractivity contribution is -0.135. The molecule has 2 unspecified atom stereocenters. The van der Waals surface area contributed by atoms with Gasteiger partial charge in [0, 0.05) is 42.2 Å². The number of H-pyrrole nitrogens is 2. The van der Waals surface area contributed by atoms with Crippen molar-refractivity contribution < 1.29 is 19.1 Å². The number of pyridine rings is 1. The van der Waals surface area contributed by atoms with E-state index in [1.165, 1.54) is 7.11 Å². The van der Waals surface area contributed by atoms with Crippen LogP contribution in [0.25, 0.3) is 44.3 Å². The number of aryl methyl sites for hydroxylation is 1. The zero-order valence-electron chi connectivity index (χ0n) is 29.0. The van der Waals surface area contributed by atoms with Crippen LogP contribution in [0.5, 0.6) is 0 Å². The van der Waals surface area contributed by atoms with Crippen LogP contribution in [0.15, 0.2) is 54.9 Å². The predicted molar refractivity (Wildman–Crippen MR) is 192 cm³/mol. The number of aromatic amines is 2. The number of nitrogens with zero attached hydrogens (tertiary/aromatic N) is 4. The van der Waals surface area contributed by atoms with E-state index in [2.05, 4.69) is 79.8 Å². The number of nitrogens with one attached hydrogen (secondary N) is 5. The Morgan fingerprint density at radius 3 is 2.62 bits per heavy atom. The van der Waals surface area contributed by atoms with Crippen molar-refractivity contribution in [3.05, 3.63) is 66.5 Å². The van der Waals surface area contributed by atoms with Crippen LogP contribution in [0.3, 0.4) is 0 Å². The van der Waals surface area contributed by atoms with E-state index < -0.39 is 6.09 Å². The summed E-state index contributed by atoms with van der Waals surface area (Å²) >= 11 is 0. The van der Waals surface area contributed by atoms with Gasteiger partial charge in [-0.15, -0.1) is 0 Å². The molecule has 3 amide bonds.